The maximum Gasteiger partial charge on any atom is 0.339 e. The molecule has 2 rings (SSSR count). The van der Waals surface area contributed by atoms with Gasteiger partial charge in [-0.05, 0) is 23.8 Å². The van der Waals surface area contributed by atoms with E-state index in [4.69, 9.17) is 4.74 Å². The number of carbonyl (C=O) groups is 1. The number of hydrogen-bond donors (Lipinski definition) is 1. The molecule has 0 aliphatic rings. The number of rotatable bonds is 4. The first kappa shape index (κ1) is 12.2. The van der Waals surface area contributed by atoms with E-state index in [-0.39, 0.29) is 5.97 Å². The van der Waals surface area contributed by atoms with Gasteiger partial charge in [-0.15, -0.1) is 0 Å². The molecular weight excluding hydrogens is 230 g/mol. The van der Waals surface area contributed by atoms with Crippen LogP contribution in [-0.2, 0) is 11.2 Å². The van der Waals surface area contributed by atoms with Crippen LogP contribution in [0.5, 0.6) is 5.75 Å². The van der Waals surface area contributed by atoms with Crippen LogP contribution in [0.3, 0.4) is 0 Å². The van der Waals surface area contributed by atoms with E-state index in [1.54, 1.807) is 19.4 Å². The van der Waals surface area contributed by atoms with Crippen LogP contribution in [0.4, 0.5) is 0 Å². The normalized spacial score (nSPS) is 10.1. The second-order valence-electron chi connectivity index (χ2n) is 3.93. The van der Waals surface area contributed by atoms with Crippen LogP contribution in [0, 0.1) is 0 Å². The van der Waals surface area contributed by atoms with E-state index in [1.165, 1.54) is 7.11 Å². The SMILES string of the molecule is COC(=O)c1c[nH]c(Cc2ccc(OC)cc2)c1. The summed E-state index contributed by atoms with van der Waals surface area (Å²) in [6, 6.07) is 9.63. The number of H-pyrrole nitrogens is 1. The highest BCUT2D eigenvalue weighted by Gasteiger charge is 2.08. The summed E-state index contributed by atoms with van der Waals surface area (Å²) in [6.45, 7) is 0. The van der Waals surface area contributed by atoms with Gasteiger partial charge in [0.05, 0.1) is 19.8 Å². The van der Waals surface area contributed by atoms with Crippen molar-refractivity contribution in [3.05, 3.63) is 53.3 Å². The predicted octanol–water partition coefficient (Wildman–Crippen LogP) is 2.40. The van der Waals surface area contributed by atoms with Gasteiger partial charge < -0.3 is 14.5 Å². The predicted molar refractivity (Wildman–Crippen MR) is 67.9 cm³/mol. The Labute approximate surface area is 106 Å². The lowest BCUT2D eigenvalue weighted by molar-refractivity contribution is 0.0601. The van der Waals surface area contributed by atoms with Crippen LogP contribution in [0.15, 0.2) is 36.5 Å². The Morgan fingerprint density at radius 1 is 1.22 bits per heavy atom. The van der Waals surface area contributed by atoms with E-state index < -0.39 is 0 Å². The van der Waals surface area contributed by atoms with Gasteiger partial charge in [0.25, 0.3) is 0 Å². The van der Waals surface area contributed by atoms with Crippen molar-refractivity contribution >= 4 is 5.97 Å². The minimum absolute atomic E-state index is 0.327. The van der Waals surface area contributed by atoms with Crippen LogP contribution < -0.4 is 4.74 Å². The number of esters is 1. The maximum atomic E-state index is 11.3. The highest BCUT2D eigenvalue weighted by molar-refractivity contribution is 5.89. The third-order valence-electron chi connectivity index (χ3n) is 2.72. The Bertz CT molecular complexity index is 528. The molecule has 0 saturated heterocycles. The molecule has 0 amide bonds. The Hall–Kier alpha value is -2.23. The maximum absolute atomic E-state index is 11.3. The first-order valence-electron chi connectivity index (χ1n) is 5.61. The van der Waals surface area contributed by atoms with Gasteiger partial charge in [-0.1, -0.05) is 12.1 Å². The zero-order valence-corrected chi connectivity index (χ0v) is 10.4. The first-order chi connectivity index (χ1) is 8.72. The van der Waals surface area contributed by atoms with Gasteiger partial charge in [0.2, 0.25) is 0 Å². The summed E-state index contributed by atoms with van der Waals surface area (Å²) >= 11 is 0. The van der Waals surface area contributed by atoms with Gasteiger partial charge in [-0.3, -0.25) is 0 Å². The molecule has 0 saturated carbocycles. The van der Waals surface area contributed by atoms with Gasteiger partial charge >= 0.3 is 5.97 Å². The summed E-state index contributed by atoms with van der Waals surface area (Å²) in [5, 5.41) is 0. The molecule has 0 spiro atoms. The molecule has 0 aliphatic carbocycles. The number of methoxy groups -OCH3 is 2. The van der Waals surface area contributed by atoms with E-state index in [1.807, 2.05) is 24.3 Å². The highest BCUT2D eigenvalue weighted by Crippen LogP contribution is 2.15. The van der Waals surface area contributed by atoms with Crippen LogP contribution in [0.2, 0.25) is 0 Å². The Morgan fingerprint density at radius 3 is 2.56 bits per heavy atom. The van der Waals surface area contributed by atoms with E-state index in [0.717, 1.165) is 23.4 Å². The van der Waals surface area contributed by atoms with Gasteiger partial charge in [0.1, 0.15) is 5.75 Å². The molecule has 0 aliphatic heterocycles. The van der Waals surface area contributed by atoms with Crippen LogP contribution in [-0.4, -0.2) is 25.2 Å². The third kappa shape index (κ3) is 2.71. The average molecular weight is 245 g/mol. The van der Waals surface area contributed by atoms with Crippen molar-refractivity contribution in [2.45, 2.75) is 6.42 Å². The Balaban J connectivity index is 2.08. The van der Waals surface area contributed by atoms with Crippen LogP contribution in [0.25, 0.3) is 0 Å². The molecule has 0 fully saturated rings. The molecule has 4 heteroatoms. The molecule has 0 atom stereocenters. The lowest BCUT2D eigenvalue weighted by Gasteiger charge is -2.02. The van der Waals surface area contributed by atoms with Crippen molar-refractivity contribution in [3.8, 4) is 5.75 Å². The molecule has 1 aromatic carbocycles. The standard InChI is InChI=1S/C14H15NO3/c1-17-13-5-3-10(4-6-13)7-12-8-11(9-15-12)14(16)18-2/h3-6,8-9,15H,7H2,1-2H3. The van der Waals surface area contributed by atoms with E-state index in [0.29, 0.717) is 5.56 Å². The summed E-state index contributed by atoms with van der Waals surface area (Å²) in [6.07, 6.45) is 2.39. The molecule has 1 heterocycles. The van der Waals surface area contributed by atoms with Crippen LogP contribution >= 0.6 is 0 Å². The molecular formula is C14H15NO3. The minimum Gasteiger partial charge on any atom is -0.497 e. The van der Waals surface area contributed by atoms with Gasteiger partial charge in [-0.25, -0.2) is 4.79 Å². The number of nitrogens with one attached hydrogen (secondary N) is 1. The largest absolute Gasteiger partial charge is 0.497 e. The minimum atomic E-state index is -0.327. The van der Waals surface area contributed by atoms with Gasteiger partial charge in [-0.2, -0.15) is 0 Å². The highest BCUT2D eigenvalue weighted by atomic mass is 16.5. The van der Waals surface area contributed by atoms with Crippen molar-refractivity contribution in [2.24, 2.45) is 0 Å². The molecule has 1 aromatic heterocycles. The quantitative estimate of drug-likeness (QED) is 0.841. The second kappa shape index (κ2) is 5.40. The third-order valence-corrected chi connectivity index (χ3v) is 2.72. The van der Waals surface area contributed by atoms with Crippen molar-refractivity contribution in [2.75, 3.05) is 14.2 Å². The molecule has 4 nitrogen and oxygen atoms in total. The van der Waals surface area contributed by atoms with Gasteiger partial charge in [0.15, 0.2) is 0 Å². The Kier molecular flexibility index (Phi) is 3.67. The molecule has 94 valence electrons. The average Bonchev–Trinajstić information content (AvgIpc) is 2.87. The van der Waals surface area contributed by atoms with Crippen LogP contribution in [0.1, 0.15) is 21.6 Å². The Morgan fingerprint density at radius 2 is 1.94 bits per heavy atom. The molecule has 1 N–H and O–H groups in total. The number of benzene rings is 1. The summed E-state index contributed by atoms with van der Waals surface area (Å²) in [5.41, 5.74) is 2.66. The number of aromatic amines is 1. The number of hydrogen-bond acceptors (Lipinski definition) is 3. The summed E-state index contributed by atoms with van der Waals surface area (Å²) in [4.78, 5) is 14.4. The fourth-order valence-electron chi connectivity index (χ4n) is 1.74. The van der Waals surface area contributed by atoms with E-state index >= 15 is 0 Å². The zero-order chi connectivity index (χ0) is 13.0. The lowest BCUT2D eigenvalue weighted by Crippen LogP contribution is -1.98. The molecule has 0 bridgehead atoms. The molecule has 2 aromatic rings. The number of ether oxygens (including phenoxy) is 2. The number of carbonyl (C=O) groups excluding carboxylic acids is 1. The fraction of sp³-hybridized carbons (Fsp3) is 0.214. The van der Waals surface area contributed by atoms with Crippen molar-refractivity contribution in [3.63, 3.8) is 0 Å². The summed E-state index contributed by atoms with van der Waals surface area (Å²) in [5.74, 6) is 0.507. The van der Waals surface area contributed by atoms with E-state index in [9.17, 15) is 4.79 Å². The topological polar surface area (TPSA) is 51.3 Å². The fourth-order valence-corrected chi connectivity index (χ4v) is 1.74. The monoisotopic (exact) mass is 245 g/mol. The summed E-state index contributed by atoms with van der Waals surface area (Å²) in [7, 11) is 3.01. The van der Waals surface area contributed by atoms with Crippen molar-refractivity contribution < 1.29 is 14.3 Å². The molecule has 0 unspecified atom stereocenters. The van der Waals surface area contributed by atoms with E-state index in [2.05, 4.69) is 9.72 Å². The smallest absolute Gasteiger partial charge is 0.339 e. The summed E-state index contributed by atoms with van der Waals surface area (Å²) < 4.78 is 9.76. The zero-order valence-electron chi connectivity index (χ0n) is 10.4. The van der Waals surface area contributed by atoms with Crippen molar-refractivity contribution in [1.29, 1.82) is 0 Å². The molecule has 18 heavy (non-hydrogen) atoms. The van der Waals surface area contributed by atoms with Crippen molar-refractivity contribution in [1.82, 2.24) is 4.98 Å². The second-order valence-corrected chi connectivity index (χ2v) is 3.93. The number of aromatic nitrogens is 1. The van der Waals surface area contributed by atoms with Gasteiger partial charge in [0, 0.05) is 18.3 Å². The lowest BCUT2D eigenvalue weighted by atomic mass is 10.1. The first-order valence-corrected chi connectivity index (χ1v) is 5.61. The molecule has 0 radical (unpaired) electrons.